The maximum atomic E-state index is 11.0. The molecule has 7 heteroatoms. The lowest BCUT2D eigenvalue weighted by Crippen LogP contribution is -2.24. The lowest BCUT2D eigenvalue weighted by atomic mass is 10.2. The average Bonchev–Trinajstić information content (AvgIpc) is 2.84. The molecule has 1 fully saturated rings. The molecule has 0 atom stereocenters. The largest absolute Gasteiger partial charge is 0.481 e. The molecule has 0 aliphatic carbocycles. The molecule has 3 N–H and O–H groups in total. The van der Waals surface area contributed by atoms with Crippen LogP contribution in [0.3, 0.4) is 0 Å². The van der Waals surface area contributed by atoms with E-state index in [1.54, 1.807) is 18.7 Å². The number of carbonyl (C=O) groups is 2. The zero-order chi connectivity index (χ0) is 15.4. The molecular formula is C13H22N2O3S2. The van der Waals surface area contributed by atoms with E-state index in [9.17, 15) is 9.59 Å². The molecule has 1 amide bonds. The summed E-state index contributed by atoms with van der Waals surface area (Å²) in [6, 6.07) is 0. The highest BCUT2D eigenvalue weighted by Gasteiger charge is 2.02. The van der Waals surface area contributed by atoms with Gasteiger partial charge >= 0.3 is 5.97 Å². The molecule has 0 unspecified atom stereocenters. The number of amides is 1. The van der Waals surface area contributed by atoms with Gasteiger partial charge in [0.1, 0.15) is 4.32 Å². The number of carboxylic acids is 1. The molecule has 1 heterocycles. The topological polar surface area (TPSA) is 78.4 Å². The minimum atomic E-state index is -0.768. The molecule has 0 bridgehead atoms. The van der Waals surface area contributed by atoms with Gasteiger partial charge in [0.15, 0.2) is 0 Å². The third-order valence-corrected chi connectivity index (χ3v) is 3.66. The first-order valence-corrected chi connectivity index (χ1v) is 7.89. The van der Waals surface area contributed by atoms with Crippen LogP contribution in [-0.2, 0) is 9.59 Å². The molecule has 1 aliphatic rings. The van der Waals surface area contributed by atoms with Gasteiger partial charge in [0.2, 0.25) is 5.91 Å². The van der Waals surface area contributed by atoms with Gasteiger partial charge in [0.25, 0.3) is 0 Å². The molecule has 0 aromatic heterocycles. The molecule has 1 rings (SSSR count). The normalized spacial score (nSPS) is 12.9. The summed E-state index contributed by atoms with van der Waals surface area (Å²) < 4.78 is 0.954. The summed E-state index contributed by atoms with van der Waals surface area (Å²) in [6.07, 6.45) is 2.50. The number of carbonyl (C=O) groups excluding carboxylic acids is 1. The van der Waals surface area contributed by atoms with Crippen molar-refractivity contribution < 1.29 is 14.7 Å². The van der Waals surface area contributed by atoms with Crippen LogP contribution in [0.1, 0.15) is 32.6 Å². The minimum Gasteiger partial charge on any atom is -0.481 e. The van der Waals surface area contributed by atoms with Crippen molar-refractivity contribution in [3.63, 3.8) is 0 Å². The van der Waals surface area contributed by atoms with E-state index in [1.807, 2.05) is 0 Å². The van der Waals surface area contributed by atoms with Crippen LogP contribution < -0.4 is 10.6 Å². The third-order valence-electron chi connectivity index (χ3n) is 2.35. The zero-order valence-corrected chi connectivity index (χ0v) is 13.4. The van der Waals surface area contributed by atoms with E-state index in [4.69, 9.17) is 17.3 Å². The number of unbranched alkanes of at least 4 members (excludes halogenated alkanes) is 2. The molecule has 114 valence electrons. The van der Waals surface area contributed by atoms with Crippen LogP contribution in [0.15, 0.2) is 12.2 Å². The maximum Gasteiger partial charge on any atom is 0.303 e. The molecule has 1 saturated heterocycles. The van der Waals surface area contributed by atoms with Gasteiger partial charge in [-0.2, -0.15) is 0 Å². The summed E-state index contributed by atoms with van der Waals surface area (Å²) in [5.74, 6) is 0.248. The van der Waals surface area contributed by atoms with E-state index in [1.165, 1.54) is 0 Å². The molecule has 20 heavy (non-hydrogen) atoms. The van der Waals surface area contributed by atoms with Crippen LogP contribution in [0.5, 0.6) is 0 Å². The van der Waals surface area contributed by atoms with Crippen molar-refractivity contribution in [2.24, 2.45) is 0 Å². The standard InChI is InChI=1S/C10H17NO3.C3H5NS2/c1-8(2)10(14)11-7-5-3-4-6-9(12)13;5-3-4-1-2-6-3/h1,3-7H2,2H3,(H,11,14)(H,12,13);1-2H2,(H,4,5). The third kappa shape index (κ3) is 12.0. The van der Waals surface area contributed by atoms with Gasteiger partial charge in [-0.05, 0) is 19.8 Å². The SMILES string of the molecule is C=C(C)C(=O)NCCCCCC(=O)O.S=C1NCCS1. The van der Waals surface area contributed by atoms with Crippen LogP contribution >= 0.6 is 24.0 Å². The number of hydrogen-bond acceptors (Lipinski definition) is 4. The summed E-state index contributed by atoms with van der Waals surface area (Å²) >= 11 is 6.49. The lowest BCUT2D eigenvalue weighted by molar-refractivity contribution is -0.137. The Morgan fingerprint density at radius 3 is 2.55 bits per heavy atom. The van der Waals surface area contributed by atoms with Crippen LogP contribution in [0.25, 0.3) is 0 Å². The number of carboxylic acid groups (broad SMARTS) is 1. The summed E-state index contributed by atoms with van der Waals surface area (Å²) in [4.78, 5) is 21.1. The highest BCUT2D eigenvalue weighted by Crippen LogP contribution is 2.05. The molecular weight excluding hydrogens is 296 g/mol. The van der Waals surface area contributed by atoms with Crippen LogP contribution in [0.4, 0.5) is 0 Å². The van der Waals surface area contributed by atoms with Crippen molar-refractivity contribution >= 4 is 40.2 Å². The molecule has 0 radical (unpaired) electrons. The van der Waals surface area contributed by atoms with E-state index in [2.05, 4.69) is 17.2 Å². The molecule has 0 aromatic carbocycles. The Morgan fingerprint density at radius 2 is 2.15 bits per heavy atom. The average molecular weight is 318 g/mol. The number of nitrogens with one attached hydrogen (secondary N) is 2. The monoisotopic (exact) mass is 318 g/mol. The molecule has 1 aliphatic heterocycles. The van der Waals surface area contributed by atoms with Crippen molar-refractivity contribution in [1.29, 1.82) is 0 Å². The predicted octanol–water partition coefficient (Wildman–Crippen LogP) is 1.93. The van der Waals surface area contributed by atoms with Gasteiger partial charge in [0.05, 0.1) is 0 Å². The zero-order valence-electron chi connectivity index (χ0n) is 11.7. The fourth-order valence-corrected chi connectivity index (χ4v) is 2.22. The molecule has 0 saturated carbocycles. The molecule has 5 nitrogen and oxygen atoms in total. The van der Waals surface area contributed by atoms with E-state index in [0.29, 0.717) is 18.5 Å². The van der Waals surface area contributed by atoms with Crippen molar-refractivity contribution in [2.45, 2.75) is 32.6 Å². The Hall–Kier alpha value is -1.08. The summed E-state index contributed by atoms with van der Waals surface area (Å²) in [6.45, 7) is 6.80. The van der Waals surface area contributed by atoms with E-state index < -0.39 is 5.97 Å². The van der Waals surface area contributed by atoms with Gasteiger partial charge in [-0.25, -0.2) is 0 Å². The number of hydrogen-bond donors (Lipinski definition) is 3. The van der Waals surface area contributed by atoms with E-state index in [0.717, 1.165) is 29.5 Å². The Morgan fingerprint density at radius 1 is 1.45 bits per heavy atom. The maximum absolute atomic E-state index is 11.0. The Balaban J connectivity index is 0.000000493. The first kappa shape index (κ1) is 18.9. The van der Waals surface area contributed by atoms with Crippen LogP contribution in [0, 0.1) is 0 Å². The highest BCUT2D eigenvalue weighted by atomic mass is 32.2. The summed E-state index contributed by atoms with van der Waals surface area (Å²) in [5, 5.41) is 14.0. The second kappa shape index (κ2) is 11.7. The second-order valence-electron chi connectivity index (χ2n) is 4.30. The lowest BCUT2D eigenvalue weighted by Gasteiger charge is -2.03. The number of rotatable bonds is 7. The number of thioether (sulfide) groups is 1. The smallest absolute Gasteiger partial charge is 0.303 e. The summed E-state index contributed by atoms with van der Waals surface area (Å²) in [5.41, 5.74) is 0.496. The van der Waals surface area contributed by atoms with Crippen molar-refractivity contribution in [2.75, 3.05) is 18.8 Å². The van der Waals surface area contributed by atoms with Crippen LogP contribution in [0.2, 0.25) is 0 Å². The van der Waals surface area contributed by atoms with Gasteiger partial charge in [0, 0.05) is 30.8 Å². The highest BCUT2D eigenvalue weighted by molar-refractivity contribution is 8.23. The first-order chi connectivity index (χ1) is 9.43. The molecule has 0 aromatic rings. The Kier molecular flexibility index (Phi) is 11.1. The van der Waals surface area contributed by atoms with Gasteiger partial charge in [-0.1, -0.05) is 37.0 Å². The van der Waals surface area contributed by atoms with E-state index in [-0.39, 0.29) is 12.3 Å². The predicted molar refractivity (Wildman–Crippen MR) is 87.0 cm³/mol. The Labute approximate surface area is 129 Å². The number of aliphatic carboxylic acids is 1. The fourth-order valence-electron chi connectivity index (χ4n) is 1.28. The number of thiocarbonyl (C=S) groups is 1. The quantitative estimate of drug-likeness (QED) is 0.378. The minimum absolute atomic E-state index is 0.136. The summed E-state index contributed by atoms with van der Waals surface area (Å²) in [7, 11) is 0. The molecule has 0 spiro atoms. The van der Waals surface area contributed by atoms with Crippen molar-refractivity contribution in [3.05, 3.63) is 12.2 Å². The van der Waals surface area contributed by atoms with E-state index >= 15 is 0 Å². The van der Waals surface area contributed by atoms with Crippen molar-refractivity contribution in [3.8, 4) is 0 Å². The first-order valence-electron chi connectivity index (χ1n) is 6.49. The van der Waals surface area contributed by atoms with Gasteiger partial charge in [-0.3, -0.25) is 9.59 Å². The van der Waals surface area contributed by atoms with Crippen molar-refractivity contribution in [1.82, 2.24) is 10.6 Å². The Bertz CT molecular complexity index is 352. The fraction of sp³-hybridized carbons (Fsp3) is 0.615. The second-order valence-corrected chi connectivity index (χ2v) is 6.08. The van der Waals surface area contributed by atoms with Gasteiger partial charge in [-0.15, -0.1) is 0 Å². The van der Waals surface area contributed by atoms with Gasteiger partial charge < -0.3 is 15.7 Å². The van der Waals surface area contributed by atoms with Crippen LogP contribution in [-0.4, -0.2) is 40.1 Å².